The number of carbonyl (C=O) groups excluding carboxylic acids is 2. The molecule has 1 aliphatic heterocycles. The van der Waals surface area contributed by atoms with Gasteiger partial charge in [0.05, 0.1) is 11.6 Å². The molecule has 3 aromatic rings. The molecule has 1 saturated carbocycles. The summed E-state index contributed by atoms with van der Waals surface area (Å²) in [5, 5.41) is 13.3. The van der Waals surface area contributed by atoms with Crippen LogP contribution in [0, 0.1) is 23.8 Å². The summed E-state index contributed by atoms with van der Waals surface area (Å²) in [4.78, 5) is 26.9. The molecule has 2 heterocycles. The van der Waals surface area contributed by atoms with E-state index in [1.54, 1.807) is 19.1 Å². The maximum Gasteiger partial charge on any atom is 0.356 e. The zero-order chi connectivity index (χ0) is 24.4. The normalized spacial score (nSPS) is 16.9. The molecular weight excluding hydrogens is 447 g/mol. The summed E-state index contributed by atoms with van der Waals surface area (Å²) in [6.07, 6.45) is 4.49. The Morgan fingerprint density at radius 3 is 2.57 bits per heavy atom. The first-order valence-corrected chi connectivity index (χ1v) is 11.8. The van der Waals surface area contributed by atoms with Crippen LogP contribution in [0.25, 0.3) is 10.8 Å². The van der Waals surface area contributed by atoms with E-state index in [0.717, 1.165) is 23.6 Å². The van der Waals surface area contributed by atoms with Gasteiger partial charge in [0.15, 0.2) is 0 Å². The minimum Gasteiger partial charge on any atom is -0.385 e. The molecule has 7 nitrogen and oxygen atoms in total. The lowest BCUT2D eigenvalue weighted by Crippen LogP contribution is -2.65. The van der Waals surface area contributed by atoms with Crippen molar-refractivity contribution >= 4 is 22.6 Å². The average molecular weight is 474 g/mol. The number of benzene rings is 2. The second-order valence-electron chi connectivity index (χ2n) is 9.03. The third kappa shape index (κ3) is 4.41. The zero-order valence-corrected chi connectivity index (χ0v) is 19.5. The van der Waals surface area contributed by atoms with Crippen LogP contribution in [-0.2, 0) is 11.2 Å². The van der Waals surface area contributed by atoms with Gasteiger partial charge in [-0.2, -0.15) is 9.58 Å². The van der Waals surface area contributed by atoms with Crippen molar-refractivity contribution in [3.8, 4) is 17.9 Å². The smallest absolute Gasteiger partial charge is 0.356 e. The van der Waals surface area contributed by atoms with Crippen LogP contribution < -0.4 is 10.1 Å². The second kappa shape index (κ2) is 9.53. The first-order chi connectivity index (χ1) is 17.0. The fourth-order valence-electron chi connectivity index (χ4n) is 4.69. The van der Waals surface area contributed by atoms with Crippen LogP contribution in [0.4, 0.5) is 4.39 Å². The van der Waals surface area contributed by atoms with Crippen LogP contribution in [0.1, 0.15) is 41.4 Å². The highest BCUT2D eigenvalue weighted by molar-refractivity contribution is 5.97. The molecule has 0 radical (unpaired) electrons. The summed E-state index contributed by atoms with van der Waals surface area (Å²) >= 11 is 0. The van der Waals surface area contributed by atoms with Gasteiger partial charge in [0.2, 0.25) is 0 Å². The van der Waals surface area contributed by atoms with E-state index >= 15 is 0 Å². The van der Waals surface area contributed by atoms with Crippen molar-refractivity contribution in [3.63, 3.8) is 0 Å². The predicted molar refractivity (Wildman–Crippen MR) is 128 cm³/mol. The molecule has 1 N–H and O–H groups in total. The van der Waals surface area contributed by atoms with E-state index in [1.165, 1.54) is 6.07 Å². The van der Waals surface area contributed by atoms with Crippen LogP contribution in [0.2, 0.25) is 0 Å². The number of hydrogen-bond donors (Lipinski definition) is 1. The van der Waals surface area contributed by atoms with Crippen LogP contribution in [0.5, 0.6) is 5.88 Å². The molecule has 0 spiro atoms. The molecule has 2 aliphatic rings. The number of fused-ring (bicyclic) bond motifs is 1. The summed E-state index contributed by atoms with van der Waals surface area (Å²) in [6, 6.07) is 12.1. The number of ether oxygens (including phenoxy) is 1. The zero-order valence-electron chi connectivity index (χ0n) is 19.5. The molecule has 1 aliphatic carbocycles. The second-order valence-corrected chi connectivity index (χ2v) is 9.03. The number of aromatic nitrogens is 2. The van der Waals surface area contributed by atoms with Crippen LogP contribution in [0.15, 0.2) is 42.5 Å². The lowest BCUT2D eigenvalue weighted by Gasteiger charge is -2.36. The number of amides is 2. The average Bonchev–Trinajstić information content (AvgIpc) is 3.74. The van der Waals surface area contributed by atoms with Gasteiger partial charge in [-0.1, -0.05) is 30.2 Å². The van der Waals surface area contributed by atoms with Crippen molar-refractivity contribution in [2.75, 3.05) is 26.2 Å². The number of carbonyl (C=O) groups is 2. The minimum atomic E-state index is -0.615. The highest BCUT2D eigenvalue weighted by Gasteiger charge is 2.52. The maximum absolute atomic E-state index is 15.0. The first-order valence-electron chi connectivity index (χ1n) is 11.8. The lowest BCUT2D eigenvalue weighted by atomic mass is 10.0. The summed E-state index contributed by atoms with van der Waals surface area (Å²) < 4.78 is 20.1. The van der Waals surface area contributed by atoms with Gasteiger partial charge >= 0.3 is 11.8 Å². The molecule has 1 saturated heterocycles. The number of rotatable bonds is 5. The van der Waals surface area contributed by atoms with E-state index in [2.05, 4.69) is 27.5 Å². The maximum atomic E-state index is 15.0. The number of imide groups is 1. The first kappa shape index (κ1) is 23.1. The monoisotopic (exact) mass is 473 g/mol. The number of nitrogens with one attached hydrogen (secondary N) is 1. The fourth-order valence-corrected chi connectivity index (χ4v) is 4.69. The van der Waals surface area contributed by atoms with Crippen LogP contribution >= 0.6 is 0 Å². The third-order valence-corrected chi connectivity index (χ3v) is 6.69. The van der Waals surface area contributed by atoms with Crippen molar-refractivity contribution in [2.45, 2.75) is 26.2 Å². The van der Waals surface area contributed by atoms with E-state index in [1.807, 2.05) is 24.3 Å². The van der Waals surface area contributed by atoms with Crippen molar-refractivity contribution in [1.29, 1.82) is 0 Å². The highest BCUT2D eigenvalue weighted by Crippen LogP contribution is 2.35. The topological polar surface area (TPSA) is 81.2 Å². The minimum absolute atomic E-state index is 0.0474. The largest absolute Gasteiger partial charge is 0.385 e. The van der Waals surface area contributed by atoms with Crippen molar-refractivity contribution in [3.05, 3.63) is 65.1 Å². The molecule has 1 aromatic heterocycles. The number of hydrogen-bond acceptors (Lipinski definition) is 6. The van der Waals surface area contributed by atoms with E-state index < -0.39 is 11.7 Å². The summed E-state index contributed by atoms with van der Waals surface area (Å²) in [6.45, 7) is 3.45. The van der Waals surface area contributed by atoms with Gasteiger partial charge in [0.1, 0.15) is 30.6 Å². The van der Waals surface area contributed by atoms with Gasteiger partial charge in [-0.3, -0.25) is 0 Å². The molecule has 0 atom stereocenters. The summed E-state index contributed by atoms with van der Waals surface area (Å²) in [5.41, 5.74) is 1.33. The SMILES string of the molecule is CC#COc1nnc(Cc2ccc(F)c(C(=O)[N+]3(C(=O)C4CC4)CCNCC3)c2)c2ccccc12. The molecule has 5 rings (SSSR count). The number of halogens is 1. The molecule has 178 valence electrons. The summed E-state index contributed by atoms with van der Waals surface area (Å²) in [7, 11) is 0. The molecule has 35 heavy (non-hydrogen) atoms. The Kier molecular flexibility index (Phi) is 6.29. The van der Waals surface area contributed by atoms with Crippen LogP contribution in [0.3, 0.4) is 0 Å². The Morgan fingerprint density at radius 1 is 1.11 bits per heavy atom. The Hall–Kier alpha value is -3.67. The van der Waals surface area contributed by atoms with E-state index in [4.69, 9.17) is 4.74 Å². The molecule has 0 bridgehead atoms. The Bertz CT molecular complexity index is 1370. The fraction of sp³-hybridized carbons (Fsp3) is 0.333. The number of nitrogens with zero attached hydrogens (tertiary/aromatic N) is 3. The molecule has 2 fully saturated rings. The standard InChI is InChI=1S/C27H26FN4O3/c1-2-15-35-25-21-6-4-3-5-20(21)24(30-31-25)17-18-7-10-23(28)22(16-18)27(34)32(13-11-29-12-14-32)26(33)19-8-9-19/h3-7,10,16,19,29H,8-9,11-14,17H2,1H3/q+1. The van der Waals surface area contributed by atoms with Gasteiger partial charge in [-0.25, -0.2) is 14.0 Å². The van der Waals surface area contributed by atoms with Gasteiger partial charge in [-0.05, 0) is 36.6 Å². The van der Waals surface area contributed by atoms with Crippen molar-refractivity contribution in [1.82, 2.24) is 15.5 Å². The van der Waals surface area contributed by atoms with Crippen LogP contribution in [-0.4, -0.2) is 52.7 Å². The molecule has 2 aromatic carbocycles. The molecular formula is C27H26FN4O3+. The van der Waals surface area contributed by atoms with Gasteiger partial charge in [0, 0.05) is 37.2 Å². The molecule has 8 heteroatoms. The lowest BCUT2D eigenvalue weighted by molar-refractivity contribution is -0.776. The molecule has 0 unspecified atom stereocenters. The predicted octanol–water partition coefficient (Wildman–Crippen LogP) is 3.22. The van der Waals surface area contributed by atoms with E-state index in [-0.39, 0.29) is 21.9 Å². The van der Waals surface area contributed by atoms with E-state index in [9.17, 15) is 14.0 Å². The molecule has 2 amide bonds. The Morgan fingerprint density at radius 2 is 1.86 bits per heavy atom. The van der Waals surface area contributed by atoms with Gasteiger partial charge < -0.3 is 10.1 Å². The number of quaternary nitrogens is 1. The quantitative estimate of drug-likeness (QED) is 0.348. The highest BCUT2D eigenvalue weighted by atomic mass is 19.1. The van der Waals surface area contributed by atoms with Crippen molar-refractivity contribution < 1.29 is 23.2 Å². The third-order valence-electron chi connectivity index (χ3n) is 6.69. The Labute approximate surface area is 202 Å². The summed E-state index contributed by atoms with van der Waals surface area (Å²) in [5.74, 6) is 1.74. The number of piperazine rings is 1. The van der Waals surface area contributed by atoms with Gasteiger partial charge in [0.25, 0.3) is 5.88 Å². The Balaban J connectivity index is 1.49. The van der Waals surface area contributed by atoms with E-state index in [0.29, 0.717) is 49.7 Å². The van der Waals surface area contributed by atoms with Crippen molar-refractivity contribution in [2.24, 2.45) is 5.92 Å². The van der Waals surface area contributed by atoms with Gasteiger partial charge in [-0.15, -0.1) is 5.10 Å².